The molecular formula is C28H26Cl3N3S. The largest absolute Gasteiger partial charge is 0.345 e. The fourth-order valence-corrected chi connectivity index (χ4v) is 4.62. The molecule has 0 amide bonds. The van der Waals surface area contributed by atoms with Crippen LogP contribution >= 0.6 is 47.0 Å². The third-order valence-corrected chi connectivity index (χ3v) is 7.35. The third kappa shape index (κ3) is 6.80. The average Bonchev–Trinajstić information content (AvgIpc) is 3.28. The summed E-state index contributed by atoms with van der Waals surface area (Å²) < 4.78 is 2.21. The average molecular weight is 543 g/mol. The molecule has 4 aromatic rings. The molecule has 0 aliphatic heterocycles. The molecule has 7 heteroatoms. The van der Waals surface area contributed by atoms with E-state index in [-0.39, 0.29) is 0 Å². The van der Waals surface area contributed by atoms with Gasteiger partial charge in [0.2, 0.25) is 0 Å². The molecule has 0 saturated heterocycles. The van der Waals surface area contributed by atoms with Crippen LogP contribution in [0.5, 0.6) is 0 Å². The maximum Gasteiger partial charge on any atom is 0.173 e. The monoisotopic (exact) mass is 541 g/mol. The Bertz CT molecular complexity index is 1300. The highest BCUT2D eigenvalue weighted by molar-refractivity contribution is 7.80. The van der Waals surface area contributed by atoms with Gasteiger partial charge in [-0.15, -0.1) is 0 Å². The molecule has 1 heterocycles. The number of anilines is 1. The molecule has 0 bridgehead atoms. The molecule has 35 heavy (non-hydrogen) atoms. The van der Waals surface area contributed by atoms with Gasteiger partial charge >= 0.3 is 0 Å². The summed E-state index contributed by atoms with van der Waals surface area (Å²) >= 11 is 24.7. The molecule has 180 valence electrons. The summed E-state index contributed by atoms with van der Waals surface area (Å²) in [4.78, 5) is 2.18. The van der Waals surface area contributed by atoms with E-state index in [1.807, 2.05) is 55.5 Å². The summed E-state index contributed by atoms with van der Waals surface area (Å²) in [5.74, 6) is 0. The lowest BCUT2D eigenvalue weighted by atomic mass is 10.1. The zero-order valence-electron chi connectivity index (χ0n) is 19.3. The fraction of sp³-hybridized carbons (Fsp3) is 0.179. The van der Waals surface area contributed by atoms with Gasteiger partial charge < -0.3 is 14.8 Å². The highest BCUT2D eigenvalue weighted by Crippen LogP contribution is 2.24. The maximum absolute atomic E-state index is 6.42. The lowest BCUT2D eigenvalue weighted by Gasteiger charge is -2.27. The zero-order chi connectivity index (χ0) is 24.8. The topological polar surface area (TPSA) is 20.2 Å². The molecule has 1 N–H and O–H groups in total. The summed E-state index contributed by atoms with van der Waals surface area (Å²) in [7, 11) is 0. The number of hydrogen-bond acceptors (Lipinski definition) is 1. The van der Waals surface area contributed by atoms with Crippen LogP contribution in [-0.4, -0.2) is 21.1 Å². The second-order valence-corrected chi connectivity index (χ2v) is 10.00. The molecule has 4 rings (SSSR count). The first-order valence-electron chi connectivity index (χ1n) is 11.3. The van der Waals surface area contributed by atoms with Gasteiger partial charge in [-0.3, -0.25) is 0 Å². The molecule has 0 atom stereocenters. The number of halogens is 3. The van der Waals surface area contributed by atoms with Gasteiger partial charge in [0.25, 0.3) is 0 Å². The van der Waals surface area contributed by atoms with Gasteiger partial charge in [0.05, 0.1) is 6.54 Å². The highest BCUT2D eigenvalue weighted by atomic mass is 35.5. The van der Waals surface area contributed by atoms with Crippen molar-refractivity contribution in [1.82, 2.24) is 9.47 Å². The van der Waals surface area contributed by atoms with Crippen molar-refractivity contribution in [2.24, 2.45) is 0 Å². The van der Waals surface area contributed by atoms with Crippen LogP contribution in [0.1, 0.15) is 22.4 Å². The van der Waals surface area contributed by atoms with Crippen LogP contribution in [0.15, 0.2) is 85.1 Å². The van der Waals surface area contributed by atoms with Gasteiger partial charge in [-0.05, 0) is 84.7 Å². The molecule has 0 radical (unpaired) electrons. The van der Waals surface area contributed by atoms with Crippen molar-refractivity contribution in [2.75, 3.05) is 11.9 Å². The second kappa shape index (κ2) is 12.0. The minimum Gasteiger partial charge on any atom is -0.345 e. The van der Waals surface area contributed by atoms with Crippen LogP contribution in [-0.2, 0) is 19.5 Å². The van der Waals surface area contributed by atoms with Gasteiger partial charge in [-0.25, -0.2) is 0 Å². The minimum absolute atomic E-state index is 0.648. The van der Waals surface area contributed by atoms with Crippen molar-refractivity contribution in [3.8, 4) is 0 Å². The van der Waals surface area contributed by atoms with Crippen molar-refractivity contribution < 1.29 is 0 Å². The molecule has 0 fully saturated rings. The van der Waals surface area contributed by atoms with E-state index in [9.17, 15) is 0 Å². The zero-order valence-corrected chi connectivity index (χ0v) is 22.4. The number of rotatable bonds is 8. The number of hydrogen-bond donors (Lipinski definition) is 1. The lowest BCUT2D eigenvalue weighted by Crippen LogP contribution is -2.36. The predicted molar refractivity (Wildman–Crippen MR) is 153 cm³/mol. The Kier molecular flexibility index (Phi) is 8.74. The first-order valence-corrected chi connectivity index (χ1v) is 12.9. The standard InChI is InChI=1S/C28H26Cl3N3S/c1-20-25(30)9-4-10-27(20)32-28(35)34(17-15-21-11-13-23(29)14-12-21)19-24-7-5-16-33(24)18-22-6-2-3-8-26(22)31/h2-14,16H,15,17-19H2,1H3,(H,32,35). The molecule has 0 aliphatic rings. The quantitative estimate of drug-likeness (QED) is 0.226. The van der Waals surface area contributed by atoms with Gasteiger partial charge in [0, 0.05) is 45.7 Å². The summed E-state index contributed by atoms with van der Waals surface area (Å²) in [6.45, 7) is 4.07. The first kappa shape index (κ1) is 25.6. The number of nitrogens with zero attached hydrogens (tertiary/aromatic N) is 2. The molecule has 3 nitrogen and oxygen atoms in total. The van der Waals surface area contributed by atoms with E-state index in [4.69, 9.17) is 47.0 Å². The number of benzene rings is 3. The van der Waals surface area contributed by atoms with E-state index in [0.717, 1.165) is 45.5 Å². The lowest BCUT2D eigenvalue weighted by molar-refractivity contribution is 0.409. The Morgan fingerprint density at radius 3 is 2.40 bits per heavy atom. The normalized spacial score (nSPS) is 10.9. The van der Waals surface area contributed by atoms with Crippen LogP contribution in [0.3, 0.4) is 0 Å². The number of aromatic nitrogens is 1. The van der Waals surface area contributed by atoms with E-state index in [2.05, 4.69) is 51.3 Å². The third-order valence-electron chi connectivity index (χ3n) is 5.96. The first-order chi connectivity index (χ1) is 16.9. The van der Waals surface area contributed by atoms with Crippen LogP contribution in [0.2, 0.25) is 15.1 Å². The number of thiocarbonyl (C=S) groups is 1. The second-order valence-electron chi connectivity index (χ2n) is 8.36. The smallest absolute Gasteiger partial charge is 0.173 e. The summed E-state index contributed by atoms with van der Waals surface area (Å²) in [6.07, 6.45) is 2.91. The molecular weight excluding hydrogens is 517 g/mol. The van der Waals surface area contributed by atoms with Crippen molar-refractivity contribution in [3.05, 3.63) is 123 Å². The fourth-order valence-electron chi connectivity index (χ4n) is 3.86. The summed E-state index contributed by atoms with van der Waals surface area (Å²) in [5.41, 5.74) is 5.30. The van der Waals surface area contributed by atoms with Crippen LogP contribution in [0.4, 0.5) is 5.69 Å². The van der Waals surface area contributed by atoms with Gasteiger partial charge in [-0.1, -0.05) is 71.2 Å². The Morgan fingerprint density at radius 1 is 0.886 bits per heavy atom. The SMILES string of the molecule is Cc1c(Cl)cccc1NC(=S)N(CCc1ccc(Cl)cc1)Cc1cccn1Cc1ccccc1Cl. The van der Waals surface area contributed by atoms with Gasteiger partial charge in [0.15, 0.2) is 5.11 Å². The highest BCUT2D eigenvalue weighted by Gasteiger charge is 2.15. The van der Waals surface area contributed by atoms with Crippen molar-refractivity contribution in [2.45, 2.75) is 26.4 Å². The van der Waals surface area contributed by atoms with Crippen molar-refractivity contribution in [1.29, 1.82) is 0 Å². The summed E-state index contributed by atoms with van der Waals surface area (Å²) in [5, 5.41) is 6.26. The Hall–Kier alpha value is -2.50. The summed E-state index contributed by atoms with van der Waals surface area (Å²) in [6, 6.07) is 25.9. The van der Waals surface area contributed by atoms with Crippen LogP contribution in [0, 0.1) is 6.92 Å². The van der Waals surface area contributed by atoms with Gasteiger partial charge in [-0.2, -0.15) is 0 Å². The van der Waals surface area contributed by atoms with Crippen molar-refractivity contribution >= 4 is 57.8 Å². The van der Waals surface area contributed by atoms with E-state index in [0.29, 0.717) is 23.2 Å². The van der Waals surface area contributed by atoms with Crippen molar-refractivity contribution in [3.63, 3.8) is 0 Å². The predicted octanol–water partition coefficient (Wildman–Crippen LogP) is 8.25. The molecule has 1 aromatic heterocycles. The molecule has 0 aliphatic carbocycles. The Morgan fingerprint density at radius 2 is 1.63 bits per heavy atom. The Labute approximate surface area is 227 Å². The van der Waals surface area contributed by atoms with Crippen LogP contribution in [0.25, 0.3) is 0 Å². The molecule has 0 spiro atoms. The van der Waals surface area contributed by atoms with E-state index in [1.54, 1.807) is 0 Å². The van der Waals surface area contributed by atoms with Gasteiger partial charge in [0.1, 0.15) is 0 Å². The number of nitrogens with one attached hydrogen (secondary N) is 1. The molecule has 0 unspecified atom stereocenters. The minimum atomic E-state index is 0.648. The Balaban J connectivity index is 1.55. The maximum atomic E-state index is 6.42. The molecule has 0 saturated carbocycles. The van der Waals surface area contributed by atoms with E-state index in [1.165, 1.54) is 5.56 Å². The molecule has 3 aromatic carbocycles. The van der Waals surface area contributed by atoms with Crippen LogP contribution < -0.4 is 5.32 Å². The van der Waals surface area contributed by atoms with E-state index < -0.39 is 0 Å². The van der Waals surface area contributed by atoms with E-state index >= 15 is 0 Å².